The molecule has 8 nitrogen and oxygen atoms in total. The summed E-state index contributed by atoms with van der Waals surface area (Å²) in [6.07, 6.45) is 2.59. The van der Waals surface area contributed by atoms with Gasteiger partial charge in [-0.3, -0.25) is 24.0 Å². The number of ether oxygens (including phenoxy) is 1. The van der Waals surface area contributed by atoms with Crippen LogP contribution in [0.3, 0.4) is 0 Å². The molecule has 0 saturated heterocycles. The number of nitrogen functional groups attached to an aromatic ring is 1. The Morgan fingerprint density at radius 1 is 1.30 bits per heavy atom. The van der Waals surface area contributed by atoms with E-state index in [9.17, 15) is 14.4 Å². The zero-order valence-electron chi connectivity index (χ0n) is 15.7. The molecule has 9 heteroatoms. The van der Waals surface area contributed by atoms with Crippen LogP contribution in [0.15, 0.2) is 38.8 Å². The number of nitrogens with two attached hydrogens (primary N) is 1. The van der Waals surface area contributed by atoms with Crippen molar-refractivity contribution in [3.63, 3.8) is 0 Å². The van der Waals surface area contributed by atoms with Crippen molar-refractivity contribution < 1.29 is 9.53 Å². The number of nitrogens with one attached hydrogen (secondary N) is 1. The first-order valence-corrected chi connectivity index (χ1v) is 9.74. The van der Waals surface area contributed by atoms with Gasteiger partial charge in [0.1, 0.15) is 5.82 Å². The molecule has 27 heavy (non-hydrogen) atoms. The first-order chi connectivity index (χ1) is 12.9. The predicted octanol–water partition coefficient (Wildman–Crippen LogP) is 1.54. The summed E-state index contributed by atoms with van der Waals surface area (Å²) in [5, 5.41) is 0. The van der Waals surface area contributed by atoms with Crippen molar-refractivity contribution in [2.24, 2.45) is 0 Å². The van der Waals surface area contributed by atoms with Crippen molar-refractivity contribution in [2.75, 3.05) is 37.2 Å². The van der Waals surface area contributed by atoms with Crippen LogP contribution in [0.4, 0.5) is 11.5 Å². The van der Waals surface area contributed by atoms with Gasteiger partial charge < -0.3 is 10.5 Å². The number of rotatable bonds is 8. The lowest BCUT2D eigenvalue weighted by atomic mass is 10.2. The molecule has 0 aliphatic rings. The summed E-state index contributed by atoms with van der Waals surface area (Å²) in [5.41, 5.74) is 5.19. The Morgan fingerprint density at radius 3 is 2.52 bits per heavy atom. The van der Waals surface area contributed by atoms with Gasteiger partial charge in [0.2, 0.25) is 0 Å². The number of H-pyrrole nitrogens is 1. The van der Waals surface area contributed by atoms with Gasteiger partial charge >= 0.3 is 5.69 Å². The van der Waals surface area contributed by atoms with Crippen molar-refractivity contribution in [2.45, 2.75) is 24.8 Å². The lowest BCUT2D eigenvalue weighted by Gasteiger charge is -2.24. The van der Waals surface area contributed by atoms with Crippen LogP contribution in [-0.2, 0) is 11.3 Å². The van der Waals surface area contributed by atoms with Crippen molar-refractivity contribution in [3.05, 3.63) is 50.7 Å². The molecule has 0 bridgehead atoms. The normalized spacial score (nSPS) is 10.8. The number of nitrogens with zero attached hydrogens (tertiary/aromatic N) is 2. The third-order valence-electron chi connectivity index (χ3n) is 4.03. The number of hydrogen-bond donors (Lipinski definition) is 2. The average Bonchev–Trinajstić information content (AvgIpc) is 2.67. The number of aromatic nitrogens is 2. The number of aromatic amines is 1. The van der Waals surface area contributed by atoms with Crippen LogP contribution in [0, 0.1) is 0 Å². The highest BCUT2D eigenvalue weighted by Gasteiger charge is 2.25. The molecule has 0 fully saturated rings. The zero-order chi connectivity index (χ0) is 20.0. The molecule has 0 spiro atoms. The molecule has 0 aliphatic heterocycles. The van der Waals surface area contributed by atoms with Gasteiger partial charge in [0, 0.05) is 30.7 Å². The molecule has 2 rings (SSSR count). The molecular formula is C18H24N4O4S. The van der Waals surface area contributed by atoms with Gasteiger partial charge in [0.25, 0.3) is 11.5 Å². The highest BCUT2D eigenvalue weighted by molar-refractivity contribution is 7.98. The smallest absolute Gasteiger partial charge is 0.330 e. The summed E-state index contributed by atoms with van der Waals surface area (Å²) in [5.74, 6) is -0.422. The van der Waals surface area contributed by atoms with E-state index in [0.717, 1.165) is 4.90 Å². The fraction of sp³-hybridized carbons (Fsp3) is 0.389. The maximum Gasteiger partial charge on any atom is 0.330 e. The highest BCUT2D eigenvalue weighted by atomic mass is 32.2. The van der Waals surface area contributed by atoms with E-state index in [-0.39, 0.29) is 24.7 Å². The first-order valence-electron chi connectivity index (χ1n) is 8.52. The number of carbonyl (C=O) groups is 1. The van der Waals surface area contributed by atoms with Gasteiger partial charge in [-0.25, -0.2) is 4.79 Å². The van der Waals surface area contributed by atoms with Gasteiger partial charge in [-0.15, -0.1) is 11.8 Å². The Balaban J connectivity index is 2.55. The van der Waals surface area contributed by atoms with Gasteiger partial charge in [-0.05, 0) is 36.9 Å². The Hall–Kier alpha value is -2.52. The van der Waals surface area contributed by atoms with Crippen molar-refractivity contribution >= 4 is 29.2 Å². The van der Waals surface area contributed by atoms with Gasteiger partial charge in [-0.1, -0.05) is 6.92 Å². The lowest BCUT2D eigenvalue weighted by Crippen LogP contribution is -2.42. The number of hydrogen-bond acceptors (Lipinski definition) is 6. The Labute approximate surface area is 161 Å². The minimum absolute atomic E-state index is 0.0317. The topological polar surface area (TPSA) is 110 Å². The van der Waals surface area contributed by atoms with Crippen LogP contribution in [0.25, 0.3) is 0 Å². The van der Waals surface area contributed by atoms with Crippen molar-refractivity contribution in [3.8, 4) is 0 Å². The van der Waals surface area contributed by atoms with E-state index in [1.54, 1.807) is 23.9 Å². The molecule has 0 aliphatic carbocycles. The highest BCUT2D eigenvalue weighted by Crippen LogP contribution is 2.21. The quantitative estimate of drug-likeness (QED) is 0.660. The zero-order valence-corrected chi connectivity index (χ0v) is 16.5. The van der Waals surface area contributed by atoms with Crippen molar-refractivity contribution in [1.82, 2.24) is 9.55 Å². The number of methoxy groups -OCH3 is 1. The Bertz CT molecular complexity index is 905. The second kappa shape index (κ2) is 9.43. The van der Waals surface area contributed by atoms with Crippen LogP contribution in [0.5, 0.6) is 0 Å². The van der Waals surface area contributed by atoms with Crippen LogP contribution in [0.1, 0.15) is 23.7 Å². The molecular weight excluding hydrogens is 368 g/mol. The monoisotopic (exact) mass is 392 g/mol. The lowest BCUT2D eigenvalue weighted by molar-refractivity contribution is 0.0975. The Kier molecular flexibility index (Phi) is 7.26. The third-order valence-corrected chi connectivity index (χ3v) is 4.78. The number of thioether (sulfide) groups is 1. The SMILES string of the molecule is CCCn1c(N)c(N(CCOC)C(=O)c2ccc(SC)cc2)c(=O)[nH]c1=O. The molecule has 1 heterocycles. The molecule has 0 atom stereocenters. The summed E-state index contributed by atoms with van der Waals surface area (Å²) in [4.78, 5) is 42.1. The maximum absolute atomic E-state index is 13.1. The second-order valence-electron chi connectivity index (χ2n) is 5.82. The van der Waals surface area contributed by atoms with Crippen molar-refractivity contribution in [1.29, 1.82) is 0 Å². The van der Waals surface area contributed by atoms with Gasteiger partial charge in [0.05, 0.1) is 6.61 Å². The fourth-order valence-electron chi connectivity index (χ4n) is 2.67. The molecule has 3 N–H and O–H groups in total. The van der Waals surface area contributed by atoms with E-state index < -0.39 is 17.2 Å². The standard InChI is InChI=1S/C18H24N4O4S/c1-4-9-22-15(19)14(16(23)20-18(22)25)21(10-11-26-2)17(24)12-5-7-13(27-3)8-6-12/h5-8H,4,9-11,19H2,1-3H3,(H,20,23,25). The number of anilines is 2. The summed E-state index contributed by atoms with van der Waals surface area (Å²) in [6, 6.07) is 7.05. The fourth-order valence-corrected chi connectivity index (χ4v) is 3.08. The van der Waals surface area contributed by atoms with Crippen LogP contribution in [0.2, 0.25) is 0 Å². The van der Waals surface area contributed by atoms with E-state index in [2.05, 4.69) is 4.98 Å². The molecule has 2 aromatic rings. The predicted molar refractivity (Wildman–Crippen MR) is 108 cm³/mol. The van der Waals surface area contributed by atoms with Gasteiger partial charge in [-0.2, -0.15) is 0 Å². The van der Waals surface area contributed by atoms with E-state index >= 15 is 0 Å². The maximum atomic E-state index is 13.1. The minimum Gasteiger partial charge on any atom is -0.383 e. The first kappa shape index (κ1) is 20.8. The molecule has 1 aromatic heterocycles. The summed E-state index contributed by atoms with van der Waals surface area (Å²) < 4.78 is 6.34. The number of benzene rings is 1. The number of carbonyl (C=O) groups excluding carboxylic acids is 1. The number of amides is 1. The summed E-state index contributed by atoms with van der Waals surface area (Å²) in [6.45, 7) is 2.55. The van der Waals surface area contributed by atoms with E-state index in [1.165, 1.54) is 16.6 Å². The molecule has 0 radical (unpaired) electrons. The minimum atomic E-state index is -0.699. The average molecular weight is 392 g/mol. The molecule has 146 valence electrons. The molecule has 0 saturated carbocycles. The van der Waals surface area contributed by atoms with E-state index in [4.69, 9.17) is 10.5 Å². The summed E-state index contributed by atoms with van der Waals surface area (Å²) >= 11 is 1.56. The van der Waals surface area contributed by atoms with E-state index in [1.807, 2.05) is 25.3 Å². The summed E-state index contributed by atoms with van der Waals surface area (Å²) in [7, 11) is 1.50. The largest absolute Gasteiger partial charge is 0.383 e. The van der Waals surface area contributed by atoms with Crippen LogP contribution < -0.4 is 21.9 Å². The second-order valence-corrected chi connectivity index (χ2v) is 6.70. The van der Waals surface area contributed by atoms with Crippen LogP contribution in [-0.4, -0.2) is 42.0 Å². The third kappa shape index (κ3) is 4.61. The molecule has 1 amide bonds. The van der Waals surface area contributed by atoms with E-state index in [0.29, 0.717) is 18.5 Å². The Morgan fingerprint density at radius 2 is 1.96 bits per heavy atom. The van der Waals surface area contributed by atoms with Crippen LogP contribution >= 0.6 is 11.8 Å². The van der Waals surface area contributed by atoms with Gasteiger partial charge in [0.15, 0.2) is 5.69 Å². The molecule has 1 aromatic carbocycles. The molecule has 0 unspecified atom stereocenters.